The summed E-state index contributed by atoms with van der Waals surface area (Å²) in [6.07, 6.45) is 5.28. The van der Waals surface area contributed by atoms with Gasteiger partial charge in [-0.05, 0) is 42.7 Å². The van der Waals surface area contributed by atoms with Crippen LogP contribution in [0.2, 0.25) is 0 Å². The van der Waals surface area contributed by atoms with Crippen molar-refractivity contribution in [2.45, 2.75) is 25.4 Å². The third kappa shape index (κ3) is 4.62. The first-order valence-electron chi connectivity index (χ1n) is 7.88. The molecule has 0 bridgehead atoms. The molecule has 0 unspecified atom stereocenters. The van der Waals surface area contributed by atoms with Crippen LogP contribution in [-0.2, 0) is 6.54 Å². The van der Waals surface area contributed by atoms with Gasteiger partial charge in [-0.15, -0.1) is 0 Å². The smallest absolute Gasteiger partial charge is 0.251 e. The highest BCUT2D eigenvalue weighted by Crippen LogP contribution is 2.17. The fourth-order valence-electron chi connectivity index (χ4n) is 2.90. The number of rotatable bonds is 4. The van der Waals surface area contributed by atoms with E-state index in [9.17, 15) is 4.79 Å². The summed E-state index contributed by atoms with van der Waals surface area (Å²) in [4.78, 5) is 18.5. The number of nitrogens with one attached hydrogen (secondary N) is 1. The number of piperidine rings is 1. The first kappa shape index (κ1) is 16.1. The second-order valence-corrected chi connectivity index (χ2v) is 6.81. The number of hydrogen-bond donors (Lipinski definition) is 1. The molecule has 2 heterocycles. The van der Waals surface area contributed by atoms with E-state index in [1.807, 2.05) is 6.07 Å². The molecule has 0 radical (unpaired) electrons. The molecule has 0 saturated carbocycles. The van der Waals surface area contributed by atoms with Crippen molar-refractivity contribution in [1.82, 2.24) is 15.2 Å². The van der Waals surface area contributed by atoms with Crippen LogP contribution in [0.25, 0.3) is 0 Å². The van der Waals surface area contributed by atoms with Gasteiger partial charge in [-0.2, -0.15) is 0 Å². The molecule has 2 aromatic rings. The Kier molecular flexibility index (Phi) is 5.41. The maximum atomic E-state index is 12.2. The lowest BCUT2D eigenvalue weighted by Crippen LogP contribution is -2.44. The molecule has 0 aliphatic carbocycles. The van der Waals surface area contributed by atoms with Crippen molar-refractivity contribution in [2.24, 2.45) is 0 Å². The Morgan fingerprint density at radius 2 is 1.96 bits per heavy atom. The lowest BCUT2D eigenvalue weighted by Gasteiger charge is -2.32. The second kappa shape index (κ2) is 7.70. The first-order valence-corrected chi connectivity index (χ1v) is 8.68. The van der Waals surface area contributed by atoms with E-state index in [-0.39, 0.29) is 11.9 Å². The van der Waals surface area contributed by atoms with Crippen molar-refractivity contribution < 1.29 is 4.79 Å². The molecule has 1 aromatic heterocycles. The lowest BCUT2D eigenvalue weighted by atomic mass is 10.0. The van der Waals surface area contributed by atoms with Crippen molar-refractivity contribution in [3.63, 3.8) is 0 Å². The average Bonchev–Trinajstić information content (AvgIpc) is 2.57. The predicted molar refractivity (Wildman–Crippen MR) is 94.1 cm³/mol. The van der Waals surface area contributed by atoms with Gasteiger partial charge in [0, 0.05) is 48.1 Å². The molecule has 1 saturated heterocycles. The van der Waals surface area contributed by atoms with Crippen LogP contribution in [0.15, 0.2) is 53.3 Å². The largest absolute Gasteiger partial charge is 0.349 e. The van der Waals surface area contributed by atoms with Crippen LogP contribution in [0.4, 0.5) is 0 Å². The quantitative estimate of drug-likeness (QED) is 0.894. The van der Waals surface area contributed by atoms with Gasteiger partial charge < -0.3 is 5.32 Å². The number of carbonyl (C=O) groups is 1. The lowest BCUT2D eigenvalue weighted by molar-refractivity contribution is 0.0909. The van der Waals surface area contributed by atoms with Crippen LogP contribution in [0, 0.1) is 0 Å². The van der Waals surface area contributed by atoms with E-state index < -0.39 is 0 Å². The monoisotopic (exact) mass is 373 g/mol. The van der Waals surface area contributed by atoms with Gasteiger partial charge in [0.05, 0.1) is 0 Å². The van der Waals surface area contributed by atoms with Gasteiger partial charge in [0.2, 0.25) is 0 Å². The number of carbonyl (C=O) groups excluding carboxylic acids is 1. The number of halogens is 1. The molecule has 120 valence electrons. The van der Waals surface area contributed by atoms with E-state index >= 15 is 0 Å². The van der Waals surface area contributed by atoms with E-state index in [0.29, 0.717) is 5.56 Å². The Balaban J connectivity index is 1.48. The Hall–Kier alpha value is -1.72. The van der Waals surface area contributed by atoms with Gasteiger partial charge in [0.1, 0.15) is 0 Å². The fourth-order valence-corrected chi connectivity index (χ4v) is 3.35. The Bertz CT molecular complexity index is 654. The Morgan fingerprint density at radius 1 is 1.22 bits per heavy atom. The summed E-state index contributed by atoms with van der Waals surface area (Å²) in [5, 5.41) is 3.13. The second-order valence-electron chi connectivity index (χ2n) is 5.89. The molecule has 1 N–H and O–H groups in total. The normalized spacial score (nSPS) is 16.2. The van der Waals surface area contributed by atoms with E-state index in [2.05, 4.69) is 49.3 Å². The summed E-state index contributed by atoms with van der Waals surface area (Å²) in [6, 6.07) is 12.2. The van der Waals surface area contributed by atoms with Crippen molar-refractivity contribution in [3.8, 4) is 0 Å². The van der Waals surface area contributed by atoms with E-state index in [1.165, 1.54) is 5.56 Å². The number of benzene rings is 1. The average molecular weight is 374 g/mol. The minimum Gasteiger partial charge on any atom is -0.349 e. The van der Waals surface area contributed by atoms with Gasteiger partial charge in [-0.25, -0.2) is 0 Å². The van der Waals surface area contributed by atoms with Gasteiger partial charge in [-0.1, -0.05) is 28.1 Å². The number of nitrogens with zero attached hydrogens (tertiary/aromatic N) is 2. The summed E-state index contributed by atoms with van der Waals surface area (Å²) in [5.74, 6) is -0.00200. The molecule has 1 aliphatic heterocycles. The summed E-state index contributed by atoms with van der Waals surface area (Å²) >= 11 is 3.52. The summed E-state index contributed by atoms with van der Waals surface area (Å²) in [7, 11) is 0. The minimum absolute atomic E-state index is 0.00200. The third-order valence-corrected chi connectivity index (χ3v) is 4.65. The highest BCUT2D eigenvalue weighted by Gasteiger charge is 2.21. The molecular formula is C18H20BrN3O. The van der Waals surface area contributed by atoms with Crippen molar-refractivity contribution in [3.05, 3.63) is 64.4 Å². The number of likely N-dealkylation sites (tertiary alicyclic amines) is 1. The fraction of sp³-hybridized carbons (Fsp3) is 0.333. The molecule has 5 heteroatoms. The highest BCUT2D eigenvalue weighted by atomic mass is 79.9. The maximum absolute atomic E-state index is 12.2. The third-order valence-electron chi connectivity index (χ3n) is 4.16. The summed E-state index contributed by atoms with van der Waals surface area (Å²) < 4.78 is 1.12. The highest BCUT2D eigenvalue weighted by molar-refractivity contribution is 9.10. The Labute approximate surface area is 145 Å². The molecule has 1 aromatic carbocycles. The number of amides is 1. The SMILES string of the molecule is O=C(NC1CCN(Cc2cccc(Br)c2)CC1)c1ccncc1. The molecule has 0 atom stereocenters. The zero-order valence-electron chi connectivity index (χ0n) is 12.9. The Morgan fingerprint density at radius 3 is 2.65 bits per heavy atom. The van der Waals surface area contributed by atoms with Crippen LogP contribution in [0.1, 0.15) is 28.8 Å². The van der Waals surface area contributed by atoms with E-state index in [0.717, 1.165) is 36.9 Å². The van der Waals surface area contributed by atoms with E-state index in [4.69, 9.17) is 0 Å². The van der Waals surface area contributed by atoms with Crippen LogP contribution in [-0.4, -0.2) is 34.9 Å². The van der Waals surface area contributed by atoms with Gasteiger partial charge >= 0.3 is 0 Å². The zero-order valence-corrected chi connectivity index (χ0v) is 14.5. The van der Waals surface area contributed by atoms with Crippen LogP contribution in [0.3, 0.4) is 0 Å². The number of aromatic nitrogens is 1. The van der Waals surface area contributed by atoms with Crippen molar-refractivity contribution in [2.75, 3.05) is 13.1 Å². The predicted octanol–water partition coefficient (Wildman–Crippen LogP) is 3.24. The zero-order chi connectivity index (χ0) is 16.1. The summed E-state index contributed by atoms with van der Waals surface area (Å²) in [6.45, 7) is 2.98. The molecular weight excluding hydrogens is 354 g/mol. The van der Waals surface area contributed by atoms with Crippen molar-refractivity contribution >= 4 is 21.8 Å². The van der Waals surface area contributed by atoms with Gasteiger partial charge in [0.25, 0.3) is 5.91 Å². The van der Waals surface area contributed by atoms with Crippen LogP contribution < -0.4 is 5.32 Å². The topological polar surface area (TPSA) is 45.2 Å². The maximum Gasteiger partial charge on any atom is 0.251 e. The van der Waals surface area contributed by atoms with E-state index in [1.54, 1.807) is 24.5 Å². The van der Waals surface area contributed by atoms with Gasteiger partial charge in [0.15, 0.2) is 0 Å². The summed E-state index contributed by atoms with van der Waals surface area (Å²) in [5.41, 5.74) is 2.00. The molecule has 3 rings (SSSR count). The standard InChI is InChI=1S/C18H20BrN3O/c19-16-3-1-2-14(12-16)13-22-10-6-17(7-11-22)21-18(23)15-4-8-20-9-5-15/h1-5,8-9,12,17H,6-7,10-11,13H2,(H,21,23). The molecule has 4 nitrogen and oxygen atoms in total. The first-order chi connectivity index (χ1) is 11.2. The molecule has 1 aliphatic rings. The number of hydrogen-bond acceptors (Lipinski definition) is 3. The van der Waals surface area contributed by atoms with Crippen LogP contribution >= 0.6 is 15.9 Å². The molecule has 0 spiro atoms. The minimum atomic E-state index is -0.00200. The van der Waals surface area contributed by atoms with Gasteiger partial charge in [-0.3, -0.25) is 14.7 Å². The number of pyridine rings is 1. The molecule has 1 amide bonds. The molecule has 1 fully saturated rings. The molecule has 23 heavy (non-hydrogen) atoms. The van der Waals surface area contributed by atoms with Crippen LogP contribution in [0.5, 0.6) is 0 Å². The van der Waals surface area contributed by atoms with Crippen molar-refractivity contribution in [1.29, 1.82) is 0 Å².